The second-order valence-corrected chi connectivity index (χ2v) is 19.9. The van der Waals surface area contributed by atoms with Crippen LogP contribution in [0.3, 0.4) is 0 Å². The molecule has 0 radical (unpaired) electrons. The van der Waals surface area contributed by atoms with Crippen molar-refractivity contribution in [2.75, 3.05) is 50.1 Å². The van der Waals surface area contributed by atoms with Gasteiger partial charge in [0.15, 0.2) is 10.9 Å². The number of esters is 1. The first-order valence-electron chi connectivity index (χ1n) is 21.3. The van der Waals surface area contributed by atoms with E-state index in [1.807, 2.05) is 37.5 Å². The van der Waals surface area contributed by atoms with E-state index >= 15 is 8.78 Å². The zero-order chi connectivity index (χ0) is 44.7. The maximum absolute atomic E-state index is 17.4. The summed E-state index contributed by atoms with van der Waals surface area (Å²) in [5, 5.41) is 2.99. The topological polar surface area (TPSA) is 149 Å². The predicted octanol–water partition coefficient (Wildman–Crippen LogP) is 9.60. The maximum Gasteiger partial charge on any atom is 0.413 e. The summed E-state index contributed by atoms with van der Waals surface area (Å²) < 4.78 is 55.1. The molecule has 2 bridgehead atoms. The first kappa shape index (κ1) is 45.4. The fourth-order valence-corrected chi connectivity index (χ4v) is 9.86. The molecule has 2 unspecified atom stereocenters. The molecular formula is C44H56ClF2N7O7S. The van der Waals surface area contributed by atoms with E-state index in [0.29, 0.717) is 43.2 Å². The van der Waals surface area contributed by atoms with E-state index in [1.54, 1.807) is 26.8 Å². The minimum absolute atomic E-state index is 0.0199. The van der Waals surface area contributed by atoms with Crippen LogP contribution in [-0.2, 0) is 19.0 Å². The third kappa shape index (κ3) is 10.4. The van der Waals surface area contributed by atoms with Crippen LogP contribution >= 0.6 is 22.9 Å². The highest BCUT2D eigenvalue weighted by Crippen LogP contribution is 2.44. The van der Waals surface area contributed by atoms with E-state index in [4.69, 9.17) is 35.5 Å². The molecule has 18 heteroatoms. The minimum Gasteiger partial charge on any atom is -0.469 e. The van der Waals surface area contributed by atoms with Crippen LogP contribution in [0.2, 0.25) is 5.02 Å². The Morgan fingerprint density at radius 1 is 0.952 bits per heavy atom. The summed E-state index contributed by atoms with van der Waals surface area (Å²) in [4.78, 5) is 57.8. The van der Waals surface area contributed by atoms with Crippen molar-refractivity contribution in [2.24, 2.45) is 5.92 Å². The van der Waals surface area contributed by atoms with Crippen molar-refractivity contribution >= 4 is 73.2 Å². The number of carbonyl (C=O) groups is 3. The number of anilines is 2. The number of thiazole rings is 1. The van der Waals surface area contributed by atoms with Crippen molar-refractivity contribution in [1.29, 1.82) is 0 Å². The zero-order valence-corrected chi connectivity index (χ0v) is 38.2. The van der Waals surface area contributed by atoms with Crippen molar-refractivity contribution in [1.82, 2.24) is 24.8 Å². The van der Waals surface area contributed by atoms with Gasteiger partial charge in [-0.2, -0.15) is 9.97 Å². The van der Waals surface area contributed by atoms with E-state index in [-0.39, 0.29) is 73.3 Å². The molecule has 2 amide bonds. The lowest BCUT2D eigenvalue weighted by Crippen LogP contribution is -2.57. The number of hydrogen-bond acceptors (Lipinski definition) is 13. The van der Waals surface area contributed by atoms with Gasteiger partial charge in [-0.05, 0) is 124 Å². The number of benzene rings is 2. The molecule has 3 atom stereocenters. The number of fused-ring (bicyclic) bond motifs is 4. The van der Waals surface area contributed by atoms with Gasteiger partial charge in [0.1, 0.15) is 34.5 Å². The third-order valence-electron chi connectivity index (χ3n) is 11.4. The van der Waals surface area contributed by atoms with Gasteiger partial charge < -0.3 is 23.8 Å². The van der Waals surface area contributed by atoms with Crippen molar-refractivity contribution in [3.63, 3.8) is 0 Å². The number of halogens is 3. The lowest BCUT2D eigenvalue weighted by molar-refractivity contribution is -0.140. The number of hydrogen-bond donors (Lipinski definition) is 1. The van der Waals surface area contributed by atoms with Crippen molar-refractivity contribution in [3.05, 3.63) is 34.9 Å². The number of ether oxygens (including phenoxy) is 4. The molecule has 3 aliphatic rings. The van der Waals surface area contributed by atoms with Gasteiger partial charge in [0, 0.05) is 42.6 Å². The molecule has 3 saturated heterocycles. The molecule has 0 saturated carbocycles. The number of aromatic nitrogens is 3. The molecule has 336 valence electrons. The van der Waals surface area contributed by atoms with Crippen molar-refractivity contribution < 1.29 is 42.1 Å². The Kier molecular flexibility index (Phi) is 13.4. The molecule has 3 fully saturated rings. The van der Waals surface area contributed by atoms with Gasteiger partial charge in [0.2, 0.25) is 0 Å². The van der Waals surface area contributed by atoms with Crippen LogP contribution in [0.15, 0.2) is 18.2 Å². The number of amides is 2. The van der Waals surface area contributed by atoms with Gasteiger partial charge in [-0.3, -0.25) is 19.9 Å². The van der Waals surface area contributed by atoms with Crippen LogP contribution in [0.1, 0.15) is 93.4 Å². The molecule has 62 heavy (non-hydrogen) atoms. The van der Waals surface area contributed by atoms with E-state index in [0.717, 1.165) is 63.0 Å². The largest absolute Gasteiger partial charge is 0.469 e. The van der Waals surface area contributed by atoms with Crippen molar-refractivity contribution in [3.8, 4) is 17.1 Å². The molecule has 2 aromatic carbocycles. The number of nitrogens with zero attached hydrogens (tertiary/aromatic N) is 6. The number of piperazine rings is 1. The molecule has 14 nitrogen and oxygen atoms in total. The number of carbonyl (C=O) groups excluding carboxylic acids is 3. The summed E-state index contributed by atoms with van der Waals surface area (Å²) in [6.45, 7) is 15.8. The number of nitrogens with one attached hydrogen (secondary N) is 1. The fraction of sp³-hybridized carbons (Fsp3) is 0.591. The first-order valence-corrected chi connectivity index (χ1v) is 22.5. The SMILES string of the molecule is COC(=O)CCCC1CCN(C[C@H](C)Oc2nc(N3CC4CCC(C3)N4C(=O)OC(C)(C)C)c3cc(Cl)c(-c4ccc(F)c5sc(NC(=O)OC(C)(C)C)nc45)c(F)c3n2)CC1. The standard InChI is InChI=1S/C44H56ClF2N7O7S/c1-24(21-52-18-16-25(17-19-52)10-9-11-32(55)58-8)59-39-48-35-29(38(50-39)53-22-26-12-13-27(23-53)54(26)42(57)61-44(5,6)7)20-30(45)33(34(35)47)28-14-15-31(46)37-36(28)49-40(62-37)51-41(56)60-43(2,3)4/h14-15,20,24-27H,9-13,16-19,21-23H2,1-8H3,(H,49,51,56)/t24-,26?,27?/m0/s1. The van der Waals surface area contributed by atoms with Crippen LogP contribution in [-0.4, -0.2) is 112 Å². The second kappa shape index (κ2) is 18.2. The zero-order valence-electron chi connectivity index (χ0n) is 36.6. The van der Waals surface area contributed by atoms with Gasteiger partial charge in [0.05, 0.1) is 34.4 Å². The van der Waals surface area contributed by atoms with Crippen LogP contribution < -0.4 is 15.0 Å². The number of rotatable bonds is 11. The third-order valence-corrected chi connectivity index (χ3v) is 12.6. The Balaban J connectivity index is 1.21. The molecule has 0 aliphatic carbocycles. The smallest absolute Gasteiger partial charge is 0.413 e. The molecule has 0 spiro atoms. The Bertz CT molecular complexity index is 2310. The molecule has 7 rings (SSSR count). The Hall–Kier alpha value is -4.61. The highest BCUT2D eigenvalue weighted by Gasteiger charge is 2.45. The van der Waals surface area contributed by atoms with Gasteiger partial charge in [-0.25, -0.2) is 23.4 Å². The number of piperidine rings is 1. The highest BCUT2D eigenvalue weighted by molar-refractivity contribution is 7.22. The first-order chi connectivity index (χ1) is 29.3. The molecule has 1 N–H and O–H groups in total. The summed E-state index contributed by atoms with van der Waals surface area (Å²) in [6.07, 6.45) is 4.26. The van der Waals surface area contributed by atoms with Gasteiger partial charge in [-0.1, -0.05) is 22.9 Å². The maximum atomic E-state index is 17.4. The van der Waals surface area contributed by atoms with E-state index in [9.17, 15) is 14.4 Å². The van der Waals surface area contributed by atoms with E-state index in [1.165, 1.54) is 19.2 Å². The summed E-state index contributed by atoms with van der Waals surface area (Å²) in [5.74, 6) is -0.612. The summed E-state index contributed by atoms with van der Waals surface area (Å²) in [6, 6.07) is 3.87. The van der Waals surface area contributed by atoms with Crippen LogP contribution in [0, 0.1) is 17.6 Å². The van der Waals surface area contributed by atoms with Crippen LogP contribution in [0.4, 0.5) is 29.3 Å². The van der Waals surface area contributed by atoms with Crippen LogP contribution in [0.5, 0.6) is 6.01 Å². The molecule has 3 aliphatic heterocycles. The van der Waals surface area contributed by atoms with Crippen molar-refractivity contribution in [2.45, 2.75) is 123 Å². The number of methoxy groups -OCH3 is 1. The highest BCUT2D eigenvalue weighted by atomic mass is 35.5. The van der Waals surface area contributed by atoms with Gasteiger partial charge in [-0.15, -0.1) is 0 Å². The fourth-order valence-electron chi connectivity index (χ4n) is 8.69. The molecule has 2 aromatic heterocycles. The van der Waals surface area contributed by atoms with Gasteiger partial charge in [0.25, 0.3) is 0 Å². The Morgan fingerprint density at radius 2 is 1.63 bits per heavy atom. The average Bonchev–Trinajstić information content (AvgIpc) is 3.72. The normalized spacial score (nSPS) is 19.2. The quantitative estimate of drug-likeness (QED) is 0.113. The molecule has 5 heterocycles. The lowest BCUT2D eigenvalue weighted by atomic mass is 9.91. The lowest BCUT2D eigenvalue weighted by Gasteiger charge is -2.42. The Labute approximate surface area is 369 Å². The molecule has 4 aromatic rings. The number of likely N-dealkylation sites (tertiary alicyclic amines) is 1. The Morgan fingerprint density at radius 3 is 2.27 bits per heavy atom. The second-order valence-electron chi connectivity index (χ2n) is 18.5. The van der Waals surface area contributed by atoms with Crippen LogP contribution in [0.25, 0.3) is 32.2 Å². The molecular weight excluding hydrogens is 844 g/mol. The van der Waals surface area contributed by atoms with E-state index < -0.39 is 28.9 Å². The van der Waals surface area contributed by atoms with E-state index in [2.05, 4.69) is 20.2 Å². The summed E-state index contributed by atoms with van der Waals surface area (Å²) in [5.41, 5.74) is -1.23. The average molecular weight is 900 g/mol. The minimum atomic E-state index is -0.781. The summed E-state index contributed by atoms with van der Waals surface area (Å²) in [7, 11) is 1.41. The summed E-state index contributed by atoms with van der Waals surface area (Å²) >= 11 is 7.89. The van der Waals surface area contributed by atoms with Gasteiger partial charge >= 0.3 is 24.2 Å². The predicted molar refractivity (Wildman–Crippen MR) is 235 cm³/mol. The monoisotopic (exact) mass is 899 g/mol.